The molecule has 2 aromatic rings. The molecule has 7 heteroatoms. The summed E-state index contributed by atoms with van der Waals surface area (Å²) < 4.78 is 13.3. The maximum absolute atomic E-state index is 13.4. The van der Waals surface area contributed by atoms with Gasteiger partial charge in [0.25, 0.3) is 0 Å². The summed E-state index contributed by atoms with van der Waals surface area (Å²) in [5.74, 6) is -2.41. The number of fused-ring (bicyclic) bond motifs is 3. The van der Waals surface area contributed by atoms with Gasteiger partial charge in [0.15, 0.2) is 6.04 Å². The molecular formula is C22H19ClFN2O3+. The number of hydrogen-bond donors (Lipinski definition) is 1. The SMILES string of the molecule is O=C(c1ccc(F)cc1)[C@@H]1[C@H]2C(=O)N(c3cccc(Cl)c3)C(=O)[C@@H]2[C@@H]2CCC[NH+]12. The second-order valence-corrected chi connectivity index (χ2v) is 8.40. The van der Waals surface area contributed by atoms with E-state index in [1.54, 1.807) is 24.3 Å². The van der Waals surface area contributed by atoms with Crippen molar-refractivity contribution in [3.05, 3.63) is 64.9 Å². The van der Waals surface area contributed by atoms with Crippen LogP contribution < -0.4 is 9.80 Å². The summed E-state index contributed by atoms with van der Waals surface area (Å²) >= 11 is 6.06. The molecule has 2 amide bonds. The van der Waals surface area contributed by atoms with Gasteiger partial charge in [-0.2, -0.15) is 0 Å². The molecule has 0 aromatic heterocycles. The van der Waals surface area contributed by atoms with Crippen LogP contribution in [0.25, 0.3) is 0 Å². The average Bonchev–Trinajstić information content (AvgIpc) is 3.34. The number of ketones is 1. The number of carbonyl (C=O) groups excluding carboxylic acids is 3. The summed E-state index contributed by atoms with van der Waals surface area (Å²) in [7, 11) is 0. The van der Waals surface area contributed by atoms with E-state index in [-0.39, 0.29) is 23.6 Å². The first-order valence-corrected chi connectivity index (χ1v) is 10.1. The highest BCUT2D eigenvalue weighted by Gasteiger charge is 2.68. The lowest BCUT2D eigenvalue weighted by atomic mass is 9.85. The van der Waals surface area contributed by atoms with Crippen molar-refractivity contribution in [1.82, 2.24) is 0 Å². The van der Waals surface area contributed by atoms with Crippen LogP contribution in [0.15, 0.2) is 48.5 Å². The van der Waals surface area contributed by atoms with Gasteiger partial charge in [0, 0.05) is 23.4 Å². The van der Waals surface area contributed by atoms with Crippen molar-refractivity contribution >= 4 is 34.9 Å². The lowest BCUT2D eigenvalue weighted by Crippen LogP contribution is -3.16. The Bertz CT molecular complexity index is 1020. The summed E-state index contributed by atoms with van der Waals surface area (Å²) in [4.78, 5) is 42.2. The Balaban J connectivity index is 1.55. The number of anilines is 1. The molecule has 3 saturated heterocycles. The molecule has 1 unspecified atom stereocenters. The van der Waals surface area contributed by atoms with Gasteiger partial charge in [-0.05, 0) is 42.5 Å². The lowest BCUT2D eigenvalue weighted by molar-refractivity contribution is -0.915. The zero-order valence-electron chi connectivity index (χ0n) is 15.5. The molecule has 148 valence electrons. The molecule has 29 heavy (non-hydrogen) atoms. The van der Waals surface area contributed by atoms with Crippen LogP contribution in [-0.2, 0) is 9.59 Å². The van der Waals surface area contributed by atoms with Crippen molar-refractivity contribution in [2.24, 2.45) is 11.8 Å². The van der Waals surface area contributed by atoms with E-state index in [0.717, 1.165) is 24.3 Å². The fourth-order valence-electron chi connectivity index (χ4n) is 5.40. The summed E-state index contributed by atoms with van der Waals surface area (Å²) in [6, 6.07) is 11.4. The first-order chi connectivity index (χ1) is 14.0. The van der Waals surface area contributed by atoms with Crippen LogP contribution in [0.3, 0.4) is 0 Å². The molecule has 0 aliphatic carbocycles. The Labute approximate surface area is 172 Å². The Morgan fingerprint density at radius 3 is 2.52 bits per heavy atom. The van der Waals surface area contributed by atoms with E-state index in [0.29, 0.717) is 16.3 Å². The van der Waals surface area contributed by atoms with Crippen LogP contribution in [0.1, 0.15) is 23.2 Å². The zero-order valence-corrected chi connectivity index (χ0v) is 16.2. The number of halogens is 2. The summed E-state index contributed by atoms with van der Waals surface area (Å²) in [5, 5.41) is 0.437. The minimum absolute atomic E-state index is 0.0463. The maximum Gasteiger partial charge on any atom is 0.244 e. The number of rotatable bonds is 3. The number of nitrogens with one attached hydrogen (secondary N) is 1. The molecule has 0 spiro atoms. The van der Waals surface area contributed by atoms with Gasteiger partial charge < -0.3 is 4.90 Å². The molecule has 0 saturated carbocycles. The van der Waals surface area contributed by atoms with Gasteiger partial charge in [-0.1, -0.05) is 17.7 Å². The molecule has 3 fully saturated rings. The van der Waals surface area contributed by atoms with Crippen molar-refractivity contribution in [3.63, 3.8) is 0 Å². The third-order valence-corrected chi connectivity index (χ3v) is 6.76. The third-order valence-electron chi connectivity index (χ3n) is 6.52. The Kier molecular flexibility index (Phi) is 4.29. The molecule has 5 nitrogen and oxygen atoms in total. The molecular weight excluding hydrogens is 395 g/mol. The number of imide groups is 1. The third kappa shape index (κ3) is 2.74. The number of hydrogen-bond acceptors (Lipinski definition) is 3. The van der Waals surface area contributed by atoms with Crippen molar-refractivity contribution in [2.75, 3.05) is 11.4 Å². The number of Topliss-reactive ketones (excluding diaryl/α,β-unsaturated/α-hetero) is 1. The van der Waals surface area contributed by atoms with Gasteiger partial charge in [-0.25, -0.2) is 9.29 Å². The van der Waals surface area contributed by atoms with Gasteiger partial charge >= 0.3 is 0 Å². The van der Waals surface area contributed by atoms with Crippen LogP contribution in [-0.4, -0.2) is 36.2 Å². The highest BCUT2D eigenvalue weighted by molar-refractivity contribution is 6.31. The number of carbonyl (C=O) groups is 3. The van der Waals surface area contributed by atoms with Crippen LogP contribution in [0.5, 0.6) is 0 Å². The molecule has 5 atom stereocenters. The highest BCUT2D eigenvalue weighted by Crippen LogP contribution is 2.40. The fraction of sp³-hybridized carbons (Fsp3) is 0.318. The van der Waals surface area contributed by atoms with E-state index < -0.39 is 23.7 Å². The summed E-state index contributed by atoms with van der Waals surface area (Å²) in [5.41, 5.74) is 0.811. The highest BCUT2D eigenvalue weighted by atomic mass is 35.5. The van der Waals surface area contributed by atoms with Crippen molar-refractivity contribution in [3.8, 4) is 0 Å². The van der Waals surface area contributed by atoms with Crippen LogP contribution >= 0.6 is 11.6 Å². The predicted octanol–water partition coefficient (Wildman–Crippen LogP) is 1.90. The van der Waals surface area contributed by atoms with E-state index in [1.807, 2.05) is 0 Å². The lowest BCUT2D eigenvalue weighted by Gasteiger charge is -2.25. The fourth-order valence-corrected chi connectivity index (χ4v) is 5.59. The Morgan fingerprint density at radius 2 is 1.79 bits per heavy atom. The maximum atomic E-state index is 13.4. The Hall–Kier alpha value is -2.57. The van der Waals surface area contributed by atoms with Crippen molar-refractivity contribution in [1.29, 1.82) is 0 Å². The second kappa shape index (κ2) is 6.75. The number of nitrogens with zero attached hydrogens (tertiary/aromatic N) is 1. The Morgan fingerprint density at radius 1 is 1.07 bits per heavy atom. The molecule has 2 aromatic carbocycles. The number of benzene rings is 2. The second-order valence-electron chi connectivity index (χ2n) is 7.97. The summed E-state index contributed by atoms with van der Waals surface area (Å²) in [6.07, 6.45) is 1.72. The van der Waals surface area contributed by atoms with E-state index in [1.165, 1.54) is 29.2 Å². The van der Waals surface area contributed by atoms with Gasteiger partial charge in [0.1, 0.15) is 23.7 Å². The minimum atomic E-state index is -0.695. The molecule has 0 radical (unpaired) electrons. The van der Waals surface area contributed by atoms with Crippen molar-refractivity contribution in [2.45, 2.75) is 24.9 Å². The van der Waals surface area contributed by atoms with Gasteiger partial charge in [-0.15, -0.1) is 0 Å². The molecule has 1 N–H and O–H groups in total. The average molecular weight is 414 g/mol. The van der Waals surface area contributed by atoms with Gasteiger partial charge in [0.05, 0.1) is 12.2 Å². The van der Waals surface area contributed by atoms with E-state index >= 15 is 0 Å². The number of quaternary nitrogens is 1. The van der Waals surface area contributed by atoms with Gasteiger partial charge in [-0.3, -0.25) is 14.4 Å². The van der Waals surface area contributed by atoms with Crippen LogP contribution in [0.4, 0.5) is 10.1 Å². The minimum Gasteiger partial charge on any atom is -0.322 e. The summed E-state index contributed by atoms with van der Waals surface area (Å²) in [6.45, 7) is 0.757. The number of amides is 2. The van der Waals surface area contributed by atoms with E-state index in [4.69, 9.17) is 11.6 Å². The van der Waals surface area contributed by atoms with Crippen LogP contribution in [0.2, 0.25) is 5.02 Å². The quantitative estimate of drug-likeness (QED) is 0.617. The predicted molar refractivity (Wildman–Crippen MR) is 104 cm³/mol. The van der Waals surface area contributed by atoms with Crippen LogP contribution in [0, 0.1) is 17.7 Å². The van der Waals surface area contributed by atoms with E-state index in [9.17, 15) is 18.8 Å². The first-order valence-electron chi connectivity index (χ1n) is 9.76. The molecule has 3 aliphatic heterocycles. The smallest absolute Gasteiger partial charge is 0.244 e. The molecule has 0 bridgehead atoms. The monoisotopic (exact) mass is 413 g/mol. The van der Waals surface area contributed by atoms with Crippen molar-refractivity contribution < 1.29 is 23.7 Å². The molecule has 3 heterocycles. The largest absolute Gasteiger partial charge is 0.322 e. The molecule has 5 rings (SSSR count). The standard InChI is InChI=1S/C22H18ClFN2O3/c23-13-3-1-4-15(11-13)26-21(28)17-16-5-2-10-25(16)19(18(17)22(26)29)20(27)12-6-8-14(24)9-7-12/h1,3-4,6-9,11,16-19H,2,5,10H2/p+1/t16-,17+,18-,19-/m0/s1. The van der Waals surface area contributed by atoms with Gasteiger partial charge in [0.2, 0.25) is 17.6 Å². The first kappa shape index (κ1) is 18.5. The normalized spacial score (nSPS) is 30.6. The topological polar surface area (TPSA) is 58.9 Å². The zero-order chi connectivity index (χ0) is 20.3. The van der Waals surface area contributed by atoms with E-state index in [2.05, 4.69) is 0 Å². The molecule has 3 aliphatic rings.